The zero-order valence-electron chi connectivity index (χ0n) is 9.01. The van der Waals surface area contributed by atoms with E-state index in [1.807, 2.05) is 13.0 Å². The molecule has 2 aromatic heterocycles. The fraction of sp³-hybridized carbons (Fsp3) is 0.222. The van der Waals surface area contributed by atoms with Gasteiger partial charge in [-0.1, -0.05) is 0 Å². The fourth-order valence-corrected chi connectivity index (χ4v) is 1.26. The Morgan fingerprint density at radius 3 is 2.81 bits per heavy atom. The molecule has 0 saturated carbocycles. The quantitative estimate of drug-likeness (QED) is 0.581. The Kier molecular flexibility index (Phi) is 2.69. The third-order valence-corrected chi connectivity index (χ3v) is 1.96. The fourth-order valence-electron chi connectivity index (χ4n) is 1.26. The van der Waals surface area contributed by atoms with Crippen molar-refractivity contribution in [2.24, 2.45) is 12.9 Å². The summed E-state index contributed by atoms with van der Waals surface area (Å²) in [6.45, 7) is 1.89. The van der Waals surface area contributed by atoms with Gasteiger partial charge in [0, 0.05) is 19.2 Å². The molecule has 2 aromatic rings. The molecule has 0 fully saturated rings. The summed E-state index contributed by atoms with van der Waals surface area (Å²) >= 11 is 0. The largest absolute Gasteiger partial charge is 0.421 e. The first-order valence-corrected chi connectivity index (χ1v) is 4.66. The second-order valence-electron chi connectivity index (χ2n) is 3.24. The van der Waals surface area contributed by atoms with Crippen LogP contribution in [0.2, 0.25) is 0 Å². The third kappa shape index (κ3) is 2.09. The Morgan fingerprint density at radius 1 is 1.38 bits per heavy atom. The molecule has 0 aliphatic rings. The molecule has 84 valence electrons. The number of aryl methyl sites for hydroxylation is 2. The van der Waals surface area contributed by atoms with E-state index in [-0.39, 0.29) is 0 Å². The average molecular weight is 220 g/mol. The lowest BCUT2D eigenvalue weighted by Gasteiger charge is -2.04. The smallest absolute Gasteiger partial charge is 0.226 e. The molecule has 3 N–H and O–H groups in total. The molecule has 0 amide bonds. The maximum Gasteiger partial charge on any atom is 0.226 e. The Hall–Kier alpha value is -2.15. The minimum atomic E-state index is 0.408. The summed E-state index contributed by atoms with van der Waals surface area (Å²) in [6.07, 6.45) is 1.37. The van der Waals surface area contributed by atoms with Gasteiger partial charge in [0.15, 0.2) is 0 Å². The lowest BCUT2D eigenvalue weighted by atomic mass is 10.5. The van der Waals surface area contributed by atoms with Crippen molar-refractivity contribution in [3.63, 3.8) is 0 Å². The van der Waals surface area contributed by atoms with Crippen LogP contribution in [0.15, 0.2) is 18.5 Å². The van der Waals surface area contributed by atoms with Gasteiger partial charge in [-0.2, -0.15) is 5.10 Å². The molecule has 0 saturated heterocycles. The molecule has 0 unspecified atom stereocenters. The molecule has 0 aromatic carbocycles. The number of hydrogen-bond acceptors (Lipinski definition) is 6. The first kappa shape index (κ1) is 10.4. The SMILES string of the molecule is Cc1cc(Oc2cc(NN)ncn2)n(C)n1. The van der Waals surface area contributed by atoms with Gasteiger partial charge >= 0.3 is 0 Å². The monoisotopic (exact) mass is 220 g/mol. The van der Waals surface area contributed by atoms with E-state index in [4.69, 9.17) is 10.6 Å². The molecule has 7 heteroatoms. The number of aromatic nitrogens is 4. The van der Waals surface area contributed by atoms with Crippen LogP contribution in [0.4, 0.5) is 5.82 Å². The van der Waals surface area contributed by atoms with Crippen LogP contribution in [-0.4, -0.2) is 19.7 Å². The second-order valence-corrected chi connectivity index (χ2v) is 3.24. The van der Waals surface area contributed by atoms with Gasteiger partial charge < -0.3 is 10.2 Å². The van der Waals surface area contributed by atoms with Crippen molar-refractivity contribution in [1.29, 1.82) is 0 Å². The summed E-state index contributed by atoms with van der Waals surface area (Å²) in [6, 6.07) is 3.42. The maximum absolute atomic E-state index is 5.53. The Balaban J connectivity index is 2.23. The molecular formula is C9H12N6O. The predicted molar refractivity (Wildman–Crippen MR) is 57.9 cm³/mol. The Bertz CT molecular complexity index is 494. The van der Waals surface area contributed by atoms with Gasteiger partial charge in [0.05, 0.1) is 5.69 Å². The number of rotatable bonds is 3. The lowest BCUT2D eigenvalue weighted by molar-refractivity contribution is 0.415. The highest BCUT2D eigenvalue weighted by Crippen LogP contribution is 2.20. The van der Waals surface area contributed by atoms with Gasteiger partial charge in [0.1, 0.15) is 12.1 Å². The highest BCUT2D eigenvalue weighted by Gasteiger charge is 2.06. The molecular weight excluding hydrogens is 208 g/mol. The summed E-state index contributed by atoms with van der Waals surface area (Å²) in [4.78, 5) is 7.84. The van der Waals surface area contributed by atoms with E-state index in [0.717, 1.165) is 5.69 Å². The van der Waals surface area contributed by atoms with Gasteiger partial charge in [-0.25, -0.2) is 20.5 Å². The van der Waals surface area contributed by atoms with Crippen LogP contribution >= 0.6 is 0 Å². The minimum Gasteiger partial charge on any atom is -0.421 e. The second kappa shape index (κ2) is 4.15. The highest BCUT2D eigenvalue weighted by atomic mass is 16.5. The molecule has 0 atom stereocenters. The van der Waals surface area contributed by atoms with E-state index in [9.17, 15) is 0 Å². The van der Waals surface area contributed by atoms with Gasteiger partial charge in [0.2, 0.25) is 11.8 Å². The molecule has 16 heavy (non-hydrogen) atoms. The van der Waals surface area contributed by atoms with Crippen LogP contribution in [0.3, 0.4) is 0 Å². The van der Waals surface area contributed by atoms with Crippen molar-refractivity contribution in [2.45, 2.75) is 6.92 Å². The maximum atomic E-state index is 5.53. The zero-order chi connectivity index (χ0) is 11.5. The Labute approximate surface area is 92.2 Å². The molecule has 0 aliphatic carbocycles. The number of nitrogens with one attached hydrogen (secondary N) is 1. The average Bonchev–Trinajstić information content (AvgIpc) is 2.58. The molecule has 0 aliphatic heterocycles. The summed E-state index contributed by atoms with van der Waals surface area (Å²) in [7, 11) is 1.80. The number of nitrogens with zero attached hydrogens (tertiary/aromatic N) is 4. The lowest BCUT2D eigenvalue weighted by Crippen LogP contribution is -2.08. The van der Waals surface area contributed by atoms with Crippen LogP contribution < -0.4 is 16.0 Å². The van der Waals surface area contributed by atoms with E-state index in [2.05, 4.69) is 20.5 Å². The first-order valence-electron chi connectivity index (χ1n) is 4.66. The van der Waals surface area contributed by atoms with Crippen molar-refractivity contribution in [2.75, 3.05) is 5.43 Å². The zero-order valence-corrected chi connectivity index (χ0v) is 9.01. The number of hydrogen-bond donors (Lipinski definition) is 2. The summed E-state index contributed by atoms with van der Waals surface area (Å²) in [5, 5.41) is 4.16. The summed E-state index contributed by atoms with van der Waals surface area (Å²) < 4.78 is 7.16. The topological polar surface area (TPSA) is 90.9 Å². The van der Waals surface area contributed by atoms with E-state index in [1.54, 1.807) is 17.8 Å². The van der Waals surface area contributed by atoms with Gasteiger partial charge in [0.25, 0.3) is 0 Å². The van der Waals surface area contributed by atoms with Crippen molar-refractivity contribution in [3.05, 3.63) is 24.2 Å². The van der Waals surface area contributed by atoms with Crippen molar-refractivity contribution in [3.8, 4) is 11.8 Å². The normalized spacial score (nSPS) is 10.2. The minimum absolute atomic E-state index is 0.408. The molecule has 0 bridgehead atoms. The van der Waals surface area contributed by atoms with E-state index in [0.29, 0.717) is 17.6 Å². The van der Waals surface area contributed by atoms with Crippen LogP contribution in [0, 0.1) is 6.92 Å². The van der Waals surface area contributed by atoms with Crippen molar-refractivity contribution in [1.82, 2.24) is 19.7 Å². The molecule has 0 radical (unpaired) electrons. The van der Waals surface area contributed by atoms with E-state index in [1.165, 1.54) is 6.33 Å². The molecule has 2 rings (SSSR count). The standard InChI is InChI=1S/C9H12N6O/c1-6-3-9(15(2)14-6)16-8-4-7(13-10)11-5-12-8/h3-5H,10H2,1-2H3,(H,11,12,13). The van der Waals surface area contributed by atoms with Gasteiger partial charge in [-0.05, 0) is 6.92 Å². The summed E-state index contributed by atoms with van der Waals surface area (Å²) in [5.74, 6) is 6.74. The highest BCUT2D eigenvalue weighted by molar-refractivity contribution is 5.36. The summed E-state index contributed by atoms with van der Waals surface area (Å²) in [5.41, 5.74) is 3.30. The predicted octanol–water partition coefficient (Wildman–Crippen LogP) is 0.596. The van der Waals surface area contributed by atoms with Crippen molar-refractivity contribution < 1.29 is 4.74 Å². The molecule has 7 nitrogen and oxygen atoms in total. The third-order valence-electron chi connectivity index (χ3n) is 1.96. The number of ether oxygens (including phenoxy) is 1. The van der Waals surface area contributed by atoms with Gasteiger partial charge in [-0.3, -0.25) is 0 Å². The molecule has 0 spiro atoms. The van der Waals surface area contributed by atoms with Crippen LogP contribution in [0.1, 0.15) is 5.69 Å². The first-order chi connectivity index (χ1) is 7.69. The number of nitrogens with two attached hydrogens (primary N) is 1. The van der Waals surface area contributed by atoms with Crippen LogP contribution in [0.25, 0.3) is 0 Å². The van der Waals surface area contributed by atoms with E-state index >= 15 is 0 Å². The molecule has 2 heterocycles. The number of nitrogen functional groups attached to an aromatic ring is 1. The van der Waals surface area contributed by atoms with E-state index < -0.39 is 0 Å². The number of hydrazine groups is 1. The van der Waals surface area contributed by atoms with Gasteiger partial charge in [-0.15, -0.1) is 0 Å². The van der Waals surface area contributed by atoms with Crippen LogP contribution in [0.5, 0.6) is 11.8 Å². The van der Waals surface area contributed by atoms with Crippen molar-refractivity contribution >= 4 is 5.82 Å². The Morgan fingerprint density at radius 2 is 2.19 bits per heavy atom. The number of anilines is 1. The van der Waals surface area contributed by atoms with Crippen LogP contribution in [-0.2, 0) is 7.05 Å².